The lowest BCUT2D eigenvalue weighted by molar-refractivity contribution is -0.121. The summed E-state index contributed by atoms with van der Waals surface area (Å²) in [5.41, 5.74) is 0.358. The molecule has 32 heavy (non-hydrogen) atoms. The van der Waals surface area contributed by atoms with Crippen molar-refractivity contribution in [2.75, 3.05) is 5.32 Å². The van der Waals surface area contributed by atoms with E-state index >= 15 is 0 Å². The molecule has 0 unspecified atom stereocenters. The quantitative estimate of drug-likeness (QED) is 0.549. The summed E-state index contributed by atoms with van der Waals surface area (Å²) in [4.78, 5) is 25.7. The molecule has 3 N–H and O–H groups in total. The molecule has 1 aromatic heterocycles. The predicted octanol–water partition coefficient (Wildman–Crippen LogP) is 2.86. The first-order valence-electron chi connectivity index (χ1n) is 10.4. The van der Waals surface area contributed by atoms with Gasteiger partial charge in [-0.1, -0.05) is 43.2 Å². The van der Waals surface area contributed by atoms with Gasteiger partial charge in [0.1, 0.15) is 11.4 Å². The van der Waals surface area contributed by atoms with Gasteiger partial charge >= 0.3 is 6.03 Å². The number of hydrogen-bond acceptors (Lipinski definition) is 5. The standard InChI is InChI=1S/C22H24FN7O2/c1-15-27-28-29-30(15)17-9-10-18(23)19(13-17)25-20(31)22(11-5-6-12-22)26-21(32)24-14-16-7-3-2-4-8-16/h2-4,7-10,13H,5-6,11-12,14H2,1H3,(H,25,31)(H2,24,26,32). The Morgan fingerprint density at radius 2 is 1.88 bits per heavy atom. The minimum Gasteiger partial charge on any atom is -0.334 e. The summed E-state index contributed by atoms with van der Waals surface area (Å²) in [6, 6.07) is 13.3. The summed E-state index contributed by atoms with van der Waals surface area (Å²) >= 11 is 0. The topological polar surface area (TPSA) is 114 Å². The van der Waals surface area contributed by atoms with Gasteiger partial charge in [0, 0.05) is 6.54 Å². The van der Waals surface area contributed by atoms with Crippen molar-refractivity contribution < 1.29 is 14.0 Å². The maximum atomic E-state index is 14.5. The molecule has 4 rings (SSSR count). The van der Waals surface area contributed by atoms with Crippen molar-refractivity contribution in [1.29, 1.82) is 0 Å². The van der Waals surface area contributed by atoms with Gasteiger partial charge in [-0.25, -0.2) is 9.18 Å². The molecule has 1 heterocycles. The van der Waals surface area contributed by atoms with Crippen LogP contribution in [0, 0.1) is 12.7 Å². The molecule has 0 saturated heterocycles. The lowest BCUT2D eigenvalue weighted by Crippen LogP contribution is -2.57. The van der Waals surface area contributed by atoms with E-state index in [2.05, 4.69) is 31.5 Å². The number of carbonyl (C=O) groups excluding carboxylic acids is 2. The molecule has 1 fully saturated rings. The van der Waals surface area contributed by atoms with Crippen LogP contribution in [-0.4, -0.2) is 37.7 Å². The number of anilines is 1. The summed E-state index contributed by atoms with van der Waals surface area (Å²) in [6.45, 7) is 2.06. The fourth-order valence-corrected chi connectivity index (χ4v) is 3.88. The van der Waals surface area contributed by atoms with Crippen LogP contribution < -0.4 is 16.0 Å². The summed E-state index contributed by atoms with van der Waals surface area (Å²) in [5, 5.41) is 19.5. The van der Waals surface area contributed by atoms with E-state index < -0.39 is 23.3 Å². The van der Waals surface area contributed by atoms with Crippen molar-refractivity contribution in [3.8, 4) is 5.69 Å². The van der Waals surface area contributed by atoms with Gasteiger partial charge in [-0.2, -0.15) is 4.68 Å². The predicted molar refractivity (Wildman–Crippen MR) is 115 cm³/mol. The highest BCUT2D eigenvalue weighted by Gasteiger charge is 2.42. The molecule has 166 valence electrons. The van der Waals surface area contributed by atoms with Crippen molar-refractivity contribution >= 4 is 17.6 Å². The van der Waals surface area contributed by atoms with E-state index in [-0.39, 0.29) is 5.69 Å². The van der Waals surface area contributed by atoms with Crippen LogP contribution in [0.5, 0.6) is 0 Å². The number of nitrogens with zero attached hydrogens (tertiary/aromatic N) is 4. The molecule has 0 spiro atoms. The zero-order valence-corrected chi connectivity index (χ0v) is 17.6. The van der Waals surface area contributed by atoms with Crippen molar-refractivity contribution in [3.05, 3.63) is 65.7 Å². The Hall–Kier alpha value is -3.82. The maximum Gasteiger partial charge on any atom is 0.315 e. The fourth-order valence-electron chi connectivity index (χ4n) is 3.88. The molecule has 3 amide bonds. The number of tetrazole rings is 1. The molecular weight excluding hydrogens is 413 g/mol. The zero-order chi connectivity index (χ0) is 22.6. The van der Waals surface area contributed by atoms with Crippen LogP contribution in [0.4, 0.5) is 14.9 Å². The van der Waals surface area contributed by atoms with Gasteiger partial charge in [0.25, 0.3) is 0 Å². The van der Waals surface area contributed by atoms with Crippen LogP contribution in [0.25, 0.3) is 5.69 Å². The molecule has 1 saturated carbocycles. The highest BCUT2D eigenvalue weighted by Crippen LogP contribution is 2.31. The second-order valence-electron chi connectivity index (χ2n) is 7.84. The van der Waals surface area contributed by atoms with E-state index in [4.69, 9.17) is 0 Å². The number of amides is 3. The number of aromatic nitrogens is 4. The highest BCUT2D eigenvalue weighted by atomic mass is 19.1. The Bertz CT molecular complexity index is 1110. The first-order valence-corrected chi connectivity index (χ1v) is 10.4. The number of benzene rings is 2. The number of halogens is 1. The first kappa shape index (κ1) is 21.4. The van der Waals surface area contributed by atoms with Crippen LogP contribution in [0.15, 0.2) is 48.5 Å². The summed E-state index contributed by atoms with van der Waals surface area (Å²) in [7, 11) is 0. The van der Waals surface area contributed by atoms with E-state index in [1.54, 1.807) is 6.92 Å². The number of nitrogens with one attached hydrogen (secondary N) is 3. The van der Waals surface area contributed by atoms with Crippen molar-refractivity contribution in [2.24, 2.45) is 0 Å². The van der Waals surface area contributed by atoms with Crippen LogP contribution in [-0.2, 0) is 11.3 Å². The van der Waals surface area contributed by atoms with E-state index in [0.29, 0.717) is 30.9 Å². The lowest BCUT2D eigenvalue weighted by atomic mass is 9.96. The molecule has 0 aliphatic heterocycles. The first-order chi connectivity index (χ1) is 15.5. The molecule has 1 aliphatic rings. The average molecular weight is 437 g/mol. The minimum absolute atomic E-state index is 0.000156. The Kier molecular flexibility index (Phi) is 6.11. The SMILES string of the molecule is Cc1nnnn1-c1ccc(F)c(NC(=O)C2(NC(=O)NCc3ccccc3)CCCC2)c1. The molecule has 0 bridgehead atoms. The van der Waals surface area contributed by atoms with Gasteiger partial charge in [0.2, 0.25) is 5.91 Å². The number of aryl methyl sites for hydroxylation is 1. The van der Waals surface area contributed by atoms with E-state index in [1.807, 2.05) is 30.3 Å². The Morgan fingerprint density at radius 3 is 2.56 bits per heavy atom. The van der Waals surface area contributed by atoms with Crippen LogP contribution >= 0.6 is 0 Å². The zero-order valence-electron chi connectivity index (χ0n) is 17.6. The Morgan fingerprint density at radius 1 is 1.12 bits per heavy atom. The third kappa shape index (κ3) is 4.58. The highest BCUT2D eigenvalue weighted by molar-refractivity contribution is 6.00. The number of hydrogen-bond donors (Lipinski definition) is 3. The maximum absolute atomic E-state index is 14.5. The second kappa shape index (κ2) is 9.13. The monoisotopic (exact) mass is 437 g/mol. The normalized spacial score (nSPS) is 14.7. The van der Waals surface area contributed by atoms with Crippen LogP contribution in [0.3, 0.4) is 0 Å². The van der Waals surface area contributed by atoms with E-state index in [1.165, 1.54) is 22.9 Å². The van der Waals surface area contributed by atoms with Crippen molar-refractivity contribution in [1.82, 2.24) is 30.8 Å². The lowest BCUT2D eigenvalue weighted by Gasteiger charge is -2.29. The summed E-state index contributed by atoms with van der Waals surface area (Å²) < 4.78 is 15.9. The third-order valence-corrected chi connectivity index (χ3v) is 5.61. The van der Waals surface area contributed by atoms with Gasteiger partial charge in [0.05, 0.1) is 11.4 Å². The van der Waals surface area contributed by atoms with Gasteiger partial charge in [0.15, 0.2) is 5.82 Å². The largest absolute Gasteiger partial charge is 0.334 e. The third-order valence-electron chi connectivity index (χ3n) is 5.61. The molecule has 9 nitrogen and oxygen atoms in total. The van der Waals surface area contributed by atoms with Gasteiger partial charge in [-0.15, -0.1) is 5.10 Å². The summed E-state index contributed by atoms with van der Waals surface area (Å²) in [6.07, 6.45) is 2.54. The van der Waals surface area contributed by atoms with Gasteiger partial charge in [-0.05, 0) is 54.0 Å². The van der Waals surface area contributed by atoms with Crippen molar-refractivity contribution in [3.63, 3.8) is 0 Å². The molecule has 0 radical (unpaired) electrons. The number of rotatable bonds is 6. The molecular formula is C22H24FN7O2. The molecule has 3 aromatic rings. The van der Waals surface area contributed by atoms with Gasteiger partial charge < -0.3 is 16.0 Å². The molecule has 2 aromatic carbocycles. The van der Waals surface area contributed by atoms with Crippen molar-refractivity contribution in [2.45, 2.75) is 44.7 Å². The number of urea groups is 1. The second-order valence-corrected chi connectivity index (χ2v) is 7.84. The van der Waals surface area contributed by atoms with Crippen LogP contribution in [0.2, 0.25) is 0 Å². The summed E-state index contributed by atoms with van der Waals surface area (Å²) in [5.74, 6) is -0.512. The van der Waals surface area contributed by atoms with Crippen LogP contribution in [0.1, 0.15) is 37.1 Å². The van der Waals surface area contributed by atoms with E-state index in [9.17, 15) is 14.0 Å². The fraction of sp³-hybridized carbons (Fsp3) is 0.318. The molecule has 0 atom stereocenters. The molecule has 10 heteroatoms. The average Bonchev–Trinajstić information content (AvgIpc) is 3.44. The number of carbonyl (C=O) groups is 2. The molecule has 1 aliphatic carbocycles. The Labute approximate surface area is 184 Å². The van der Waals surface area contributed by atoms with E-state index in [0.717, 1.165) is 18.4 Å². The Balaban J connectivity index is 1.47. The minimum atomic E-state index is -1.10. The van der Waals surface area contributed by atoms with Gasteiger partial charge in [-0.3, -0.25) is 4.79 Å². The smallest absolute Gasteiger partial charge is 0.315 e.